The molecule has 2 aromatic rings. The molecule has 14 heavy (non-hydrogen) atoms. The quantitative estimate of drug-likeness (QED) is 0.798. The second-order valence-electron chi connectivity index (χ2n) is 3.27. The Kier molecular flexibility index (Phi) is 3.06. The molecule has 0 aliphatic heterocycles. The molecule has 0 amide bonds. The molecule has 1 N–H and O–H groups in total. The molecule has 1 atom stereocenters. The van der Waals surface area contributed by atoms with Gasteiger partial charge in [0.25, 0.3) is 0 Å². The molecule has 1 aromatic heterocycles. The summed E-state index contributed by atoms with van der Waals surface area (Å²) in [6.45, 7) is 0. The Hall–Kier alpha value is -0.570. The number of benzene rings is 1. The topological polar surface area (TPSA) is 20.2 Å². The van der Waals surface area contributed by atoms with Crippen LogP contribution in [0.15, 0.2) is 29.6 Å². The predicted molar refractivity (Wildman–Crippen MR) is 62.3 cm³/mol. The molecule has 1 unspecified atom stereocenters. The zero-order chi connectivity index (χ0) is 9.97. The lowest BCUT2D eigenvalue weighted by molar-refractivity contribution is 0.199. The van der Waals surface area contributed by atoms with Gasteiger partial charge in [-0.05, 0) is 22.4 Å². The van der Waals surface area contributed by atoms with Gasteiger partial charge in [-0.1, -0.05) is 18.2 Å². The molecule has 1 heterocycles. The van der Waals surface area contributed by atoms with Crippen molar-refractivity contribution >= 4 is 33.0 Å². The smallest absolute Gasteiger partial charge is 0.0716 e. The highest BCUT2D eigenvalue weighted by Crippen LogP contribution is 2.25. The molecule has 1 nitrogen and oxygen atoms in total. The third kappa shape index (κ3) is 1.92. The monoisotopic (exact) mass is 226 g/mol. The highest BCUT2D eigenvalue weighted by Gasteiger charge is 2.07. The first-order valence-corrected chi connectivity index (χ1v) is 5.92. The van der Waals surface area contributed by atoms with E-state index >= 15 is 0 Å². The number of aliphatic hydroxyl groups excluding tert-OH is 1. The molecule has 2 rings (SSSR count). The first-order valence-electron chi connectivity index (χ1n) is 4.50. The second-order valence-corrected chi connectivity index (χ2v) is 4.49. The van der Waals surface area contributed by atoms with Crippen LogP contribution in [0.3, 0.4) is 0 Å². The molecule has 0 aliphatic rings. The van der Waals surface area contributed by atoms with Gasteiger partial charge in [-0.15, -0.1) is 22.9 Å². The van der Waals surface area contributed by atoms with Crippen LogP contribution in [0.1, 0.15) is 5.56 Å². The van der Waals surface area contributed by atoms with Crippen LogP contribution in [-0.2, 0) is 6.42 Å². The van der Waals surface area contributed by atoms with Crippen LogP contribution in [-0.4, -0.2) is 17.1 Å². The average Bonchev–Trinajstić information content (AvgIpc) is 2.66. The minimum Gasteiger partial charge on any atom is -0.392 e. The van der Waals surface area contributed by atoms with E-state index in [0.717, 1.165) is 0 Å². The predicted octanol–water partition coefficient (Wildman–Crippen LogP) is 3.04. The van der Waals surface area contributed by atoms with E-state index in [0.29, 0.717) is 12.3 Å². The number of hydrogen-bond acceptors (Lipinski definition) is 2. The van der Waals surface area contributed by atoms with E-state index < -0.39 is 6.10 Å². The van der Waals surface area contributed by atoms with Crippen molar-refractivity contribution in [1.29, 1.82) is 0 Å². The van der Waals surface area contributed by atoms with Gasteiger partial charge >= 0.3 is 0 Å². The van der Waals surface area contributed by atoms with E-state index in [9.17, 15) is 5.11 Å². The standard InChI is InChI=1S/C11H11ClOS/c12-7-10(13)6-9-3-1-2-8-4-5-14-11(8)9/h1-5,10,13H,6-7H2. The Morgan fingerprint density at radius 1 is 1.36 bits per heavy atom. The van der Waals surface area contributed by atoms with Gasteiger partial charge in [0.15, 0.2) is 0 Å². The van der Waals surface area contributed by atoms with Crippen LogP contribution in [0.4, 0.5) is 0 Å². The van der Waals surface area contributed by atoms with Gasteiger partial charge in [0.1, 0.15) is 0 Å². The molecule has 0 fully saturated rings. The van der Waals surface area contributed by atoms with Crippen molar-refractivity contribution in [2.45, 2.75) is 12.5 Å². The van der Waals surface area contributed by atoms with Crippen LogP contribution >= 0.6 is 22.9 Å². The van der Waals surface area contributed by atoms with E-state index in [4.69, 9.17) is 11.6 Å². The van der Waals surface area contributed by atoms with Crippen molar-refractivity contribution in [2.75, 3.05) is 5.88 Å². The lowest BCUT2D eigenvalue weighted by Crippen LogP contribution is -2.11. The normalized spacial score (nSPS) is 13.3. The van der Waals surface area contributed by atoms with E-state index in [-0.39, 0.29) is 0 Å². The largest absolute Gasteiger partial charge is 0.392 e. The minimum absolute atomic E-state index is 0.293. The molecule has 74 valence electrons. The first kappa shape index (κ1) is 9.97. The molecular weight excluding hydrogens is 216 g/mol. The van der Waals surface area contributed by atoms with E-state index in [1.165, 1.54) is 15.6 Å². The van der Waals surface area contributed by atoms with Crippen LogP contribution in [0, 0.1) is 0 Å². The van der Waals surface area contributed by atoms with Gasteiger partial charge in [-0.3, -0.25) is 0 Å². The number of halogens is 1. The summed E-state index contributed by atoms with van der Waals surface area (Å²) in [7, 11) is 0. The Morgan fingerprint density at radius 3 is 3.00 bits per heavy atom. The SMILES string of the molecule is OC(CCl)Cc1cccc2ccsc12. The average molecular weight is 227 g/mol. The molecule has 0 spiro atoms. The third-order valence-electron chi connectivity index (χ3n) is 2.19. The summed E-state index contributed by atoms with van der Waals surface area (Å²) in [5.41, 5.74) is 1.19. The van der Waals surface area contributed by atoms with Gasteiger partial charge in [0.2, 0.25) is 0 Å². The highest BCUT2D eigenvalue weighted by atomic mass is 35.5. The number of thiophene rings is 1. The maximum atomic E-state index is 9.48. The zero-order valence-electron chi connectivity index (χ0n) is 7.61. The highest BCUT2D eigenvalue weighted by molar-refractivity contribution is 7.17. The summed E-state index contributed by atoms with van der Waals surface area (Å²) in [5.74, 6) is 0.293. The molecule has 0 aliphatic carbocycles. The lowest BCUT2D eigenvalue weighted by atomic mass is 10.1. The van der Waals surface area contributed by atoms with Crippen molar-refractivity contribution in [2.24, 2.45) is 0 Å². The summed E-state index contributed by atoms with van der Waals surface area (Å²) in [4.78, 5) is 0. The maximum absolute atomic E-state index is 9.48. The summed E-state index contributed by atoms with van der Waals surface area (Å²) in [6, 6.07) is 8.25. The Balaban J connectivity index is 2.36. The van der Waals surface area contributed by atoms with Gasteiger partial charge < -0.3 is 5.11 Å². The van der Waals surface area contributed by atoms with Crippen molar-refractivity contribution in [3.8, 4) is 0 Å². The molecular formula is C11H11ClOS. The Morgan fingerprint density at radius 2 is 2.21 bits per heavy atom. The zero-order valence-corrected chi connectivity index (χ0v) is 9.18. The number of fused-ring (bicyclic) bond motifs is 1. The summed E-state index contributed by atoms with van der Waals surface area (Å²) < 4.78 is 1.26. The second kappa shape index (κ2) is 4.30. The number of rotatable bonds is 3. The molecule has 0 saturated heterocycles. The third-order valence-corrected chi connectivity index (χ3v) is 3.56. The van der Waals surface area contributed by atoms with Gasteiger partial charge in [0.05, 0.1) is 6.10 Å². The van der Waals surface area contributed by atoms with Crippen molar-refractivity contribution in [1.82, 2.24) is 0 Å². The van der Waals surface area contributed by atoms with Crippen molar-refractivity contribution in [3.05, 3.63) is 35.2 Å². The van der Waals surface area contributed by atoms with Crippen LogP contribution < -0.4 is 0 Å². The summed E-state index contributed by atoms with van der Waals surface area (Å²) in [6.07, 6.45) is 0.200. The van der Waals surface area contributed by atoms with E-state index in [1.54, 1.807) is 11.3 Å². The van der Waals surface area contributed by atoms with Crippen molar-refractivity contribution < 1.29 is 5.11 Å². The van der Waals surface area contributed by atoms with E-state index in [1.807, 2.05) is 6.07 Å². The minimum atomic E-state index is -0.440. The number of aliphatic hydroxyl groups is 1. The van der Waals surface area contributed by atoms with Gasteiger partial charge in [-0.25, -0.2) is 0 Å². The Bertz CT molecular complexity index is 424. The summed E-state index contributed by atoms with van der Waals surface area (Å²) >= 11 is 7.29. The van der Waals surface area contributed by atoms with Gasteiger partial charge in [-0.2, -0.15) is 0 Å². The molecule has 1 aromatic carbocycles. The number of alkyl halides is 1. The van der Waals surface area contributed by atoms with Crippen LogP contribution in [0.5, 0.6) is 0 Å². The fourth-order valence-corrected chi connectivity index (χ4v) is 2.56. The van der Waals surface area contributed by atoms with Crippen LogP contribution in [0.2, 0.25) is 0 Å². The first-order chi connectivity index (χ1) is 6.81. The summed E-state index contributed by atoms with van der Waals surface area (Å²) in [5, 5.41) is 12.8. The Labute approximate surface area is 91.9 Å². The molecule has 3 heteroatoms. The molecule has 0 radical (unpaired) electrons. The fourth-order valence-electron chi connectivity index (χ4n) is 1.52. The maximum Gasteiger partial charge on any atom is 0.0716 e. The van der Waals surface area contributed by atoms with Crippen molar-refractivity contribution in [3.63, 3.8) is 0 Å². The van der Waals surface area contributed by atoms with Crippen LogP contribution in [0.25, 0.3) is 10.1 Å². The molecule has 0 bridgehead atoms. The fraction of sp³-hybridized carbons (Fsp3) is 0.273. The number of hydrogen-bond donors (Lipinski definition) is 1. The lowest BCUT2D eigenvalue weighted by Gasteiger charge is -2.07. The molecule has 0 saturated carbocycles. The van der Waals surface area contributed by atoms with Gasteiger partial charge in [0, 0.05) is 17.0 Å². The van der Waals surface area contributed by atoms with E-state index in [2.05, 4.69) is 23.6 Å².